The van der Waals surface area contributed by atoms with Gasteiger partial charge in [0, 0.05) is 30.9 Å². The van der Waals surface area contributed by atoms with Gasteiger partial charge in [-0.15, -0.1) is 12.4 Å². The molecule has 0 spiro atoms. The van der Waals surface area contributed by atoms with Crippen LogP contribution in [0.2, 0.25) is 0 Å². The highest BCUT2D eigenvalue weighted by atomic mass is 79.9. The van der Waals surface area contributed by atoms with Crippen molar-refractivity contribution in [3.05, 3.63) is 46.7 Å². The molecule has 1 atom stereocenters. The molecule has 0 saturated carbocycles. The maximum atomic E-state index is 11.7. The topological polar surface area (TPSA) is 72.9 Å². The number of carbonyl (C=O) groups is 1. The summed E-state index contributed by atoms with van der Waals surface area (Å²) in [5.74, 6) is -0.227. The zero-order valence-electron chi connectivity index (χ0n) is 12.3. The van der Waals surface area contributed by atoms with Crippen LogP contribution in [0.5, 0.6) is 0 Å². The number of carbonyl (C=O) groups excluding carboxylic acids is 1. The third-order valence-electron chi connectivity index (χ3n) is 3.25. The third kappa shape index (κ3) is 5.44. The van der Waals surface area contributed by atoms with Gasteiger partial charge in [0.25, 0.3) is 0 Å². The van der Waals surface area contributed by atoms with Crippen LogP contribution in [0.1, 0.15) is 12.5 Å². The summed E-state index contributed by atoms with van der Waals surface area (Å²) in [4.78, 5) is 11.7. The molecule has 0 aliphatic carbocycles. The number of nitrogens with one attached hydrogen (secondary N) is 1. The Morgan fingerprint density at radius 3 is 2.64 bits per heavy atom. The van der Waals surface area contributed by atoms with Gasteiger partial charge < -0.3 is 11.1 Å². The molecule has 3 N–H and O–H groups in total. The minimum Gasteiger partial charge on any atom is -0.330 e. The summed E-state index contributed by atoms with van der Waals surface area (Å²) in [6.45, 7) is 2.98. The number of benzene rings is 1. The molecule has 2 aromatic rings. The molecular weight excluding hydrogens is 368 g/mol. The Balaban J connectivity index is 0.00000242. The van der Waals surface area contributed by atoms with Gasteiger partial charge >= 0.3 is 0 Å². The first kappa shape index (κ1) is 18.7. The predicted molar refractivity (Wildman–Crippen MR) is 94.2 cm³/mol. The summed E-state index contributed by atoms with van der Waals surface area (Å²) in [5.41, 5.74) is 7.47. The number of rotatable bonds is 6. The summed E-state index contributed by atoms with van der Waals surface area (Å²) in [6, 6.07) is 7.85. The molecule has 0 aliphatic heterocycles. The SMILES string of the molecule is CC(CN)C(=O)Nc1ccc(CCn2cc(Br)cn2)cc1.Cl. The second-order valence-corrected chi connectivity index (χ2v) is 5.91. The van der Waals surface area contributed by atoms with E-state index in [9.17, 15) is 4.79 Å². The molecule has 0 saturated heterocycles. The van der Waals surface area contributed by atoms with E-state index in [-0.39, 0.29) is 24.2 Å². The Bertz CT molecular complexity index is 600. The highest BCUT2D eigenvalue weighted by Gasteiger charge is 2.10. The number of hydrogen-bond acceptors (Lipinski definition) is 3. The summed E-state index contributed by atoms with van der Waals surface area (Å²) in [6.07, 6.45) is 4.61. The van der Waals surface area contributed by atoms with Crippen molar-refractivity contribution < 1.29 is 4.79 Å². The van der Waals surface area contributed by atoms with Gasteiger partial charge in [-0.05, 0) is 40.0 Å². The van der Waals surface area contributed by atoms with Crippen LogP contribution >= 0.6 is 28.3 Å². The number of aryl methyl sites for hydroxylation is 2. The summed E-state index contributed by atoms with van der Waals surface area (Å²) in [5, 5.41) is 7.07. The Morgan fingerprint density at radius 1 is 1.41 bits per heavy atom. The number of amides is 1. The average Bonchev–Trinajstić information content (AvgIpc) is 2.91. The van der Waals surface area contributed by atoms with E-state index < -0.39 is 0 Å². The first-order chi connectivity index (χ1) is 10.1. The summed E-state index contributed by atoms with van der Waals surface area (Å²) in [7, 11) is 0. The van der Waals surface area contributed by atoms with Crippen LogP contribution in [0.4, 0.5) is 5.69 Å². The fraction of sp³-hybridized carbons (Fsp3) is 0.333. The number of nitrogens with zero attached hydrogens (tertiary/aromatic N) is 2. The maximum absolute atomic E-state index is 11.7. The molecule has 0 aliphatic rings. The first-order valence-corrected chi connectivity index (χ1v) is 7.65. The number of nitrogens with two attached hydrogens (primary N) is 1. The Kier molecular flexibility index (Phi) is 7.58. The number of hydrogen-bond donors (Lipinski definition) is 2. The average molecular weight is 388 g/mol. The van der Waals surface area contributed by atoms with Crippen LogP contribution in [0.3, 0.4) is 0 Å². The van der Waals surface area contributed by atoms with Gasteiger partial charge in [0.2, 0.25) is 5.91 Å². The van der Waals surface area contributed by atoms with Crippen molar-refractivity contribution in [3.63, 3.8) is 0 Å². The predicted octanol–water partition coefficient (Wildman–Crippen LogP) is 2.84. The fourth-order valence-electron chi connectivity index (χ4n) is 1.83. The molecule has 5 nitrogen and oxygen atoms in total. The van der Waals surface area contributed by atoms with Crippen molar-refractivity contribution in [3.8, 4) is 0 Å². The molecular formula is C15H20BrClN4O. The molecule has 22 heavy (non-hydrogen) atoms. The summed E-state index contributed by atoms with van der Waals surface area (Å²) >= 11 is 3.38. The number of halogens is 2. The van der Waals surface area contributed by atoms with Crippen molar-refractivity contribution >= 4 is 39.9 Å². The highest BCUT2D eigenvalue weighted by molar-refractivity contribution is 9.10. The van der Waals surface area contributed by atoms with Crippen molar-refractivity contribution in [1.82, 2.24) is 9.78 Å². The highest BCUT2D eigenvalue weighted by Crippen LogP contribution is 2.12. The standard InChI is InChI=1S/C15H19BrN4O.ClH/c1-11(8-17)15(21)19-14-4-2-12(3-5-14)6-7-20-10-13(16)9-18-20;/h2-5,9-11H,6-8,17H2,1H3,(H,19,21);1H. The lowest BCUT2D eigenvalue weighted by Crippen LogP contribution is -2.26. The van der Waals surface area contributed by atoms with Gasteiger partial charge in [0.05, 0.1) is 10.7 Å². The fourth-order valence-corrected chi connectivity index (χ4v) is 2.16. The molecule has 7 heteroatoms. The van der Waals surface area contributed by atoms with Crippen molar-refractivity contribution in [2.75, 3.05) is 11.9 Å². The first-order valence-electron chi connectivity index (χ1n) is 6.86. The molecule has 1 aromatic heterocycles. The zero-order chi connectivity index (χ0) is 15.2. The summed E-state index contributed by atoms with van der Waals surface area (Å²) < 4.78 is 2.87. The maximum Gasteiger partial charge on any atom is 0.228 e. The van der Waals surface area contributed by atoms with Gasteiger partial charge in [0.1, 0.15) is 0 Å². The van der Waals surface area contributed by atoms with Crippen LogP contribution in [0.15, 0.2) is 41.1 Å². The molecule has 1 heterocycles. The minimum atomic E-state index is -0.178. The van der Waals surface area contributed by atoms with E-state index in [1.165, 1.54) is 5.56 Å². The van der Waals surface area contributed by atoms with E-state index >= 15 is 0 Å². The number of anilines is 1. The van der Waals surface area contributed by atoms with Gasteiger partial charge in [0.15, 0.2) is 0 Å². The van der Waals surface area contributed by atoms with Crippen molar-refractivity contribution in [2.45, 2.75) is 19.9 Å². The van der Waals surface area contributed by atoms with Crippen molar-refractivity contribution in [1.29, 1.82) is 0 Å². The van der Waals surface area contributed by atoms with Gasteiger partial charge in [-0.25, -0.2) is 0 Å². The smallest absolute Gasteiger partial charge is 0.228 e. The van der Waals surface area contributed by atoms with Crippen LogP contribution in [-0.2, 0) is 17.8 Å². The Labute approximate surface area is 144 Å². The molecule has 2 rings (SSSR count). The van der Waals surface area contributed by atoms with Crippen LogP contribution < -0.4 is 11.1 Å². The Hall–Kier alpha value is -1.37. The largest absolute Gasteiger partial charge is 0.330 e. The van der Waals surface area contributed by atoms with E-state index in [1.807, 2.05) is 42.1 Å². The lowest BCUT2D eigenvalue weighted by atomic mass is 10.1. The van der Waals surface area contributed by atoms with Crippen molar-refractivity contribution in [2.24, 2.45) is 11.7 Å². The lowest BCUT2D eigenvalue weighted by Gasteiger charge is -2.10. The van der Waals surface area contributed by atoms with Crippen LogP contribution in [-0.4, -0.2) is 22.2 Å². The monoisotopic (exact) mass is 386 g/mol. The zero-order valence-corrected chi connectivity index (χ0v) is 14.7. The number of aromatic nitrogens is 2. The van der Waals surface area contributed by atoms with Crippen LogP contribution in [0.25, 0.3) is 0 Å². The van der Waals surface area contributed by atoms with E-state index in [0.29, 0.717) is 6.54 Å². The van der Waals surface area contributed by atoms with Gasteiger partial charge in [-0.3, -0.25) is 9.48 Å². The quantitative estimate of drug-likeness (QED) is 0.800. The second kappa shape index (κ2) is 8.92. The van der Waals surface area contributed by atoms with Gasteiger partial charge in [-0.1, -0.05) is 19.1 Å². The minimum absolute atomic E-state index is 0. The molecule has 0 radical (unpaired) electrons. The normalized spacial score (nSPS) is 11.6. The van der Waals surface area contributed by atoms with E-state index in [0.717, 1.165) is 23.1 Å². The molecule has 1 unspecified atom stereocenters. The molecule has 1 amide bonds. The lowest BCUT2D eigenvalue weighted by molar-refractivity contribution is -0.119. The Morgan fingerprint density at radius 2 is 2.09 bits per heavy atom. The van der Waals surface area contributed by atoms with E-state index in [4.69, 9.17) is 5.73 Å². The van der Waals surface area contributed by atoms with Crippen LogP contribution in [0, 0.1) is 5.92 Å². The van der Waals surface area contributed by atoms with E-state index in [2.05, 4.69) is 26.3 Å². The molecule has 0 fully saturated rings. The third-order valence-corrected chi connectivity index (χ3v) is 3.66. The molecule has 0 bridgehead atoms. The van der Waals surface area contributed by atoms with Gasteiger partial charge in [-0.2, -0.15) is 5.10 Å². The van der Waals surface area contributed by atoms with E-state index in [1.54, 1.807) is 6.20 Å². The second-order valence-electron chi connectivity index (χ2n) is 4.99. The molecule has 1 aromatic carbocycles. The molecule has 120 valence electrons.